The molecule has 1 fully saturated rings. The van der Waals surface area contributed by atoms with Gasteiger partial charge in [0.25, 0.3) is 0 Å². The normalized spacial score (nSPS) is 16.9. The summed E-state index contributed by atoms with van der Waals surface area (Å²) in [5, 5.41) is 0.239. The summed E-state index contributed by atoms with van der Waals surface area (Å²) in [5.41, 5.74) is 0. The van der Waals surface area contributed by atoms with Crippen LogP contribution in [0, 0.1) is 5.92 Å². The van der Waals surface area contributed by atoms with Crippen molar-refractivity contribution in [2.75, 3.05) is 6.54 Å². The van der Waals surface area contributed by atoms with Gasteiger partial charge in [0.15, 0.2) is 0 Å². The summed E-state index contributed by atoms with van der Waals surface area (Å²) in [6, 6.07) is 4.97. The van der Waals surface area contributed by atoms with Crippen LogP contribution in [0.3, 0.4) is 0 Å². The fraction of sp³-hybridized carbons (Fsp3) is 0.538. The van der Waals surface area contributed by atoms with Crippen molar-refractivity contribution in [3.8, 4) is 0 Å². The Balaban J connectivity index is 2.01. The molecule has 19 heavy (non-hydrogen) atoms. The maximum atomic E-state index is 12.2. The van der Waals surface area contributed by atoms with E-state index in [9.17, 15) is 8.42 Å². The second kappa shape index (κ2) is 6.57. The van der Waals surface area contributed by atoms with E-state index in [1.54, 1.807) is 18.2 Å². The monoisotopic (exact) mass is 365 g/mol. The highest BCUT2D eigenvalue weighted by molar-refractivity contribution is 9.10. The maximum Gasteiger partial charge on any atom is 0.243 e. The standard InChI is InChI=1S/C13H17BrClNO2S/c14-11-6-3-7-12(15)13(11)19(17,18)16-9-8-10-4-1-2-5-10/h3,6-7,10,16H,1-2,4-5,8-9H2. The molecule has 3 nitrogen and oxygen atoms in total. The highest BCUT2D eigenvalue weighted by Crippen LogP contribution is 2.30. The van der Waals surface area contributed by atoms with Crippen LogP contribution in [-0.4, -0.2) is 15.0 Å². The van der Waals surface area contributed by atoms with Crippen LogP contribution in [0.25, 0.3) is 0 Å². The topological polar surface area (TPSA) is 46.2 Å². The molecule has 1 aliphatic carbocycles. The van der Waals surface area contributed by atoms with Gasteiger partial charge in [0.1, 0.15) is 4.90 Å². The van der Waals surface area contributed by atoms with Gasteiger partial charge in [0.2, 0.25) is 10.0 Å². The lowest BCUT2D eigenvalue weighted by atomic mass is 10.1. The Morgan fingerprint density at radius 3 is 2.63 bits per heavy atom. The van der Waals surface area contributed by atoms with Crippen LogP contribution in [0.1, 0.15) is 32.1 Å². The molecule has 1 aromatic carbocycles. The molecule has 1 aliphatic rings. The number of hydrogen-bond donors (Lipinski definition) is 1. The lowest BCUT2D eigenvalue weighted by Crippen LogP contribution is -2.26. The van der Waals surface area contributed by atoms with Gasteiger partial charge >= 0.3 is 0 Å². The largest absolute Gasteiger partial charge is 0.243 e. The number of halogens is 2. The third kappa shape index (κ3) is 3.94. The van der Waals surface area contributed by atoms with Crippen molar-refractivity contribution in [1.82, 2.24) is 4.72 Å². The molecule has 0 unspecified atom stereocenters. The number of hydrogen-bond acceptors (Lipinski definition) is 2. The number of rotatable bonds is 5. The molecular weight excluding hydrogens is 350 g/mol. The molecule has 0 atom stereocenters. The predicted octanol–water partition coefficient (Wildman–Crippen LogP) is 3.96. The molecule has 0 aromatic heterocycles. The predicted molar refractivity (Wildman–Crippen MR) is 80.9 cm³/mol. The number of sulfonamides is 1. The first-order chi connectivity index (χ1) is 9.00. The molecule has 0 saturated heterocycles. The second-order valence-corrected chi connectivity index (χ2v) is 7.85. The Kier molecular flexibility index (Phi) is 5.29. The zero-order valence-electron chi connectivity index (χ0n) is 10.5. The number of nitrogens with one attached hydrogen (secondary N) is 1. The Bertz CT molecular complexity index is 521. The van der Waals surface area contributed by atoms with Crippen LogP contribution in [0.15, 0.2) is 27.6 Å². The van der Waals surface area contributed by atoms with Crippen molar-refractivity contribution in [1.29, 1.82) is 0 Å². The van der Waals surface area contributed by atoms with Crippen LogP contribution in [-0.2, 0) is 10.0 Å². The highest BCUT2D eigenvalue weighted by atomic mass is 79.9. The van der Waals surface area contributed by atoms with E-state index in [4.69, 9.17) is 11.6 Å². The Hall–Kier alpha value is -0.100. The van der Waals surface area contributed by atoms with Crippen molar-refractivity contribution in [2.24, 2.45) is 5.92 Å². The molecule has 1 saturated carbocycles. The van der Waals surface area contributed by atoms with Gasteiger partial charge in [-0.2, -0.15) is 0 Å². The molecule has 1 aromatic rings. The minimum Gasteiger partial charge on any atom is -0.211 e. The fourth-order valence-electron chi connectivity index (χ4n) is 2.51. The van der Waals surface area contributed by atoms with Crippen molar-refractivity contribution in [3.63, 3.8) is 0 Å². The van der Waals surface area contributed by atoms with Gasteiger partial charge in [-0.1, -0.05) is 43.4 Å². The minimum atomic E-state index is -3.54. The van der Waals surface area contributed by atoms with Gasteiger partial charge < -0.3 is 0 Å². The SMILES string of the molecule is O=S(=O)(NCCC1CCCC1)c1c(Cl)cccc1Br. The molecule has 6 heteroatoms. The molecule has 0 spiro atoms. The average Bonchev–Trinajstić information content (AvgIpc) is 2.81. The van der Waals surface area contributed by atoms with E-state index in [-0.39, 0.29) is 9.92 Å². The van der Waals surface area contributed by atoms with Gasteiger partial charge in [-0.3, -0.25) is 0 Å². The van der Waals surface area contributed by atoms with Gasteiger partial charge in [-0.15, -0.1) is 0 Å². The van der Waals surface area contributed by atoms with Gasteiger partial charge in [0, 0.05) is 11.0 Å². The van der Waals surface area contributed by atoms with E-state index >= 15 is 0 Å². The summed E-state index contributed by atoms with van der Waals surface area (Å²) in [5.74, 6) is 0.664. The molecule has 106 valence electrons. The zero-order valence-corrected chi connectivity index (χ0v) is 13.7. The van der Waals surface area contributed by atoms with Crippen molar-refractivity contribution >= 4 is 37.6 Å². The smallest absolute Gasteiger partial charge is 0.211 e. The quantitative estimate of drug-likeness (QED) is 0.857. The molecule has 2 rings (SSSR count). The summed E-state index contributed by atoms with van der Waals surface area (Å²) in [4.78, 5) is 0.128. The van der Waals surface area contributed by atoms with Crippen LogP contribution >= 0.6 is 27.5 Å². The Morgan fingerprint density at radius 1 is 1.32 bits per heavy atom. The minimum absolute atomic E-state index is 0.128. The Morgan fingerprint density at radius 2 is 2.00 bits per heavy atom. The zero-order chi connectivity index (χ0) is 13.9. The first-order valence-electron chi connectivity index (χ1n) is 6.44. The third-order valence-corrected chi connectivity index (χ3v) is 6.42. The van der Waals surface area contributed by atoms with Gasteiger partial charge in [0.05, 0.1) is 5.02 Å². The van der Waals surface area contributed by atoms with E-state index in [0.29, 0.717) is 16.9 Å². The van der Waals surface area contributed by atoms with Gasteiger partial charge in [-0.05, 0) is 40.4 Å². The summed E-state index contributed by atoms with van der Waals surface area (Å²) in [6.07, 6.45) is 5.89. The Labute approximate surface area is 127 Å². The summed E-state index contributed by atoms with van der Waals surface area (Å²) in [7, 11) is -3.54. The van der Waals surface area contributed by atoms with Crippen molar-refractivity contribution < 1.29 is 8.42 Å². The van der Waals surface area contributed by atoms with Crippen LogP contribution in [0.4, 0.5) is 0 Å². The molecule has 0 bridgehead atoms. The first-order valence-corrected chi connectivity index (χ1v) is 9.10. The van der Waals surface area contributed by atoms with E-state index in [2.05, 4.69) is 20.7 Å². The maximum absolute atomic E-state index is 12.2. The fourth-order valence-corrected chi connectivity index (χ4v) is 5.29. The lowest BCUT2D eigenvalue weighted by molar-refractivity contribution is 0.495. The van der Waals surface area contributed by atoms with Crippen LogP contribution in [0.2, 0.25) is 5.02 Å². The number of benzene rings is 1. The average molecular weight is 367 g/mol. The highest BCUT2D eigenvalue weighted by Gasteiger charge is 2.22. The van der Waals surface area contributed by atoms with E-state index in [0.717, 1.165) is 6.42 Å². The van der Waals surface area contributed by atoms with E-state index in [1.807, 2.05) is 0 Å². The molecule has 0 heterocycles. The molecule has 1 N–H and O–H groups in total. The van der Waals surface area contributed by atoms with E-state index in [1.165, 1.54) is 25.7 Å². The molecule has 0 radical (unpaired) electrons. The van der Waals surface area contributed by atoms with Crippen molar-refractivity contribution in [3.05, 3.63) is 27.7 Å². The van der Waals surface area contributed by atoms with Crippen LogP contribution < -0.4 is 4.72 Å². The molecule has 0 amide bonds. The summed E-state index contributed by atoms with van der Waals surface area (Å²) < 4.78 is 27.6. The van der Waals surface area contributed by atoms with Crippen molar-refractivity contribution in [2.45, 2.75) is 37.0 Å². The summed E-state index contributed by atoms with van der Waals surface area (Å²) in [6.45, 7) is 0.477. The van der Waals surface area contributed by atoms with Crippen LogP contribution in [0.5, 0.6) is 0 Å². The molecule has 0 aliphatic heterocycles. The molecular formula is C13H17BrClNO2S. The van der Waals surface area contributed by atoms with E-state index < -0.39 is 10.0 Å². The first kappa shape index (κ1) is 15.3. The lowest BCUT2D eigenvalue weighted by Gasteiger charge is -2.12. The second-order valence-electron chi connectivity index (χ2n) is 4.89. The third-order valence-electron chi connectivity index (χ3n) is 3.51. The van der Waals surface area contributed by atoms with Gasteiger partial charge in [-0.25, -0.2) is 13.1 Å². The summed E-state index contributed by atoms with van der Waals surface area (Å²) >= 11 is 9.21.